The predicted octanol–water partition coefficient (Wildman–Crippen LogP) is 0.718. The van der Waals surface area contributed by atoms with Crippen LogP contribution in [0.5, 0.6) is 0 Å². The molecule has 1 aromatic rings. The van der Waals surface area contributed by atoms with Crippen LogP contribution in [0, 0.1) is 0 Å². The first kappa shape index (κ1) is 19.2. The minimum atomic E-state index is -0.532. The quantitative estimate of drug-likeness (QED) is 0.465. The Bertz CT molecular complexity index is 656. The van der Waals surface area contributed by atoms with E-state index >= 15 is 0 Å². The molecule has 9 heteroatoms. The van der Waals surface area contributed by atoms with Crippen molar-refractivity contribution in [3.8, 4) is 0 Å². The summed E-state index contributed by atoms with van der Waals surface area (Å²) in [5.41, 5.74) is 0.828. The third-order valence-electron chi connectivity index (χ3n) is 3.68. The summed E-state index contributed by atoms with van der Waals surface area (Å²) >= 11 is 0. The summed E-state index contributed by atoms with van der Waals surface area (Å²) < 4.78 is 4.68. The number of urea groups is 1. The molecule has 1 aliphatic heterocycles. The molecule has 0 aliphatic carbocycles. The summed E-state index contributed by atoms with van der Waals surface area (Å²) in [6.07, 6.45) is -0.0874. The number of rotatable bonds is 8. The van der Waals surface area contributed by atoms with Crippen LogP contribution >= 0.6 is 0 Å². The van der Waals surface area contributed by atoms with Gasteiger partial charge in [-0.2, -0.15) is 0 Å². The molecule has 1 aliphatic rings. The van der Waals surface area contributed by atoms with Crippen molar-refractivity contribution in [2.75, 3.05) is 32.8 Å². The highest BCUT2D eigenvalue weighted by Crippen LogP contribution is 2.22. The van der Waals surface area contributed by atoms with Crippen molar-refractivity contribution in [3.63, 3.8) is 0 Å². The standard InChI is InChI=1S/C17H22N4O5/c1-2-26-17(25)20-10-9-19-16(24)18-8-5-11-21-14(22)12-6-3-4-7-13(12)15(21)23/h3-4,6-7H,2,5,8-11H2,1H3,(H,20,25)(H2,18,19,24). The van der Waals surface area contributed by atoms with Crippen LogP contribution in [-0.4, -0.2) is 61.6 Å². The summed E-state index contributed by atoms with van der Waals surface area (Å²) in [6, 6.07) is 6.31. The molecule has 9 nitrogen and oxygen atoms in total. The van der Waals surface area contributed by atoms with E-state index < -0.39 is 12.1 Å². The number of hydrogen-bond donors (Lipinski definition) is 3. The maximum absolute atomic E-state index is 12.2. The average molecular weight is 362 g/mol. The second-order valence-electron chi connectivity index (χ2n) is 5.49. The molecule has 0 spiro atoms. The monoisotopic (exact) mass is 362 g/mol. The van der Waals surface area contributed by atoms with E-state index in [0.29, 0.717) is 24.1 Å². The molecule has 0 bridgehead atoms. The third kappa shape index (κ3) is 4.95. The second-order valence-corrected chi connectivity index (χ2v) is 5.49. The van der Waals surface area contributed by atoms with Crippen LogP contribution in [0.1, 0.15) is 34.1 Å². The number of hydrogen-bond acceptors (Lipinski definition) is 5. The summed E-state index contributed by atoms with van der Waals surface area (Å²) in [4.78, 5) is 48.2. The highest BCUT2D eigenvalue weighted by Gasteiger charge is 2.34. The fourth-order valence-electron chi connectivity index (χ4n) is 2.47. The van der Waals surface area contributed by atoms with Crippen LogP contribution in [0.25, 0.3) is 0 Å². The molecule has 0 saturated heterocycles. The Kier molecular flexibility index (Phi) is 6.95. The Morgan fingerprint density at radius 1 is 0.962 bits per heavy atom. The molecule has 0 unspecified atom stereocenters. The molecule has 0 atom stereocenters. The Labute approximate surface area is 151 Å². The lowest BCUT2D eigenvalue weighted by Gasteiger charge is -2.14. The maximum Gasteiger partial charge on any atom is 0.407 e. The van der Waals surface area contributed by atoms with Crippen molar-refractivity contribution in [1.82, 2.24) is 20.9 Å². The smallest absolute Gasteiger partial charge is 0.407 e. The lowest BCUT2D eigenvalue weighted by molar-refractivity contribution is 0.0653. The number of carbonyl (C=O) groups is 4. The van der Waals surface area contributed by atoms with E-state index in [4.69, 9.17) is 0 Å². The van der Waals surface area contributed by atoms with E-state index in [0.717, 1.165) is 0 Å². The molecule has 1 aromatic carbocycles. The molecule has 1 heterocycles. The lowest BCUT2D eigenvalue weighted by atomic mass is 10.1. The summed E-state index contributed by atoms with van der Waals surface area (Å²) in [5.74, 6) is -0.611. The predicted molar refractivity (Wildman–Crippen MR) is 92.9 cm³/mol. The Morgan fingerprint density at radius 2 is 1.54 bits per heavy atom. The maximum atomic E-state index is 12.2. The molecule has 0 fully saturated rings. The van der Waals surface area contributed by atoms with Gasteiger partial charge < -0.3 is 20.7 Å². The van der Waals surface area contributed by atoms with Crippen LogP contribution in [0.3, 0.4) is 0 Å². The average Bonchev–Trinajstić information content (AvgIpc) is 2.87. The van der Waals surface area contributed by atoms with Gasteiger partial charge in [0.25, 0.3) is 11.8 Å². The van der Waals surface area contributed by atoms with Gasteiger partial charge in [-0.1, -0.05) is 12.1 Å². The van der Waals surface area contributed by atoms with Crippen molar-refractivity contribution in [1.29, 1.82) is 0 Å². The van der Waals surface area contributed by atoms with Gasteiger partial charge in [0, 0.05) is 26.2 Å². The molecule has 0 aromatic heterocycles. The van der Waals surface area contributed by atoms with Gasteiger partial charge in [-0.15, -0.1) is 0 Å². The zero-order valence-electron chi connectivity index (χ0n) is 14.5. The van der Waals surface area contributed by atoms with Crippen molar-refractivity contribution in [3.05, 3.63) is 35.4 Å². The number of imide groups is 1. The molecule has 2 rings (SSSR count). The van der Waals surface area contributed by atoms with Crippen LogP contribution in [0.2, 0.25) is 0 Å². The van der Waals surface area contributed by atoms with Crippen LogP contribution in [0.15, 0.2) is 24.3 Å². The topological polar surface area (TPSA) is 117 Å². The van der Waals surface area contributed by atoms with Gasteiger partial charge in [0.15, 0.2) is 0 Å². The first-order valence-corrected chi connectivity index (χ1v) is 8.42. The van der Waals surface area contributed by atoms with Gasteiger partial charge in [-0.25, -0.2) is 9.59 Å². The minimum Gasteiger partial charge on any atom is -0.450 e. The van der Waals surface area contributed by atoms with E-state index in [-0.39, 0.29) is 38.1 Å². The number of alkyl carbamates (subject to hydrolysis) is 1. The molecule has 3 N–H and O–H groups in total. The summed E-state index contributed by atoms with van der Waals surface area (Å²) in [6.45, 7) is 3.03. The Morgan fingerprint density at radius 3 is 2.15 bits per heavy atom. The van der Waals surface area contributed by atoms with Gasteiger partial charge in [-0.3, -0.25) is 14.5 Å². The first-order chi connectivity index (χ1) is 12.5. The van der Waals surface area contributed by atoms with Gasteiger partial charge in [0.1, 0.15) is 0 Å². The zero-order valence-corrected chi connectivity index (χ0v) is 14.5. The van der Waals surface area contributed by atoms with Crippen LogP contribution < -0.4 is 16.0 Å². The number of amides is 5. The van der Waals surface area contributed by atoms with Gasteiger partial charge in [0.05, 0.1) is 17.7 Å². The van der Waals surface area contributed by atoms with E-state index in [9.17, 15) is 19.2 Å². The summed E-state index contributed by atoms with van der Waals surface area (Å²) in [7, 11) is 0. The van der Waals surface area contributed by atoms with E-state index in [1.807, 2.05) is 0 Å². The van der Waals surface area contributed by atoms with E-state index in [1.54, 1.807) is 31.2 Å². The molecule has 26 heavy (non-hydrogen) atoms. The SMILES string of the molecule is CCOC(=O)NCCNC(=O)NCCCN1C(=O)c2ccccc2C1=O. The number of fused-ring (bicyclic) bond motifs is 1. The number of benzene rings is 1. The molecular formula is C17H22N4O5. The number of nitrogens with zero attached hydrogens (tertiary/aromatic N) is 1. The fraction of sp³-hybridized carbons (Fsp3) is 0.412. The van der Waals surface area contributed by atoms with Crippen molar-refractivity contribution in [2.45, 2.75) is 13.3 Å². The lowest BCUT2D eigenvalue weighted by Crippen LogP contribution is -2.41. The number of ether oxygens (including phenoxy) is 1. The van der Waals surface area contributed by atoms with Crippen molar-refractivity contribution < 1.29 is 23.9 Å². The first-order valence-electron chi connectivity index (χ1n) is 8.42. The number of nitrogens with one attached hydrogen (secondary N) is 3. The molecule has 5 amide bonds. The van der Waals surface area contributed by atoms with Gasteiger partial charge in [-0.05, 0) is 25.5 Å². The second kappa shape index (κ2) is 9.40. The van der Waals surface area contributed by atoms with Crippen molar-refractivity contribution in [2.24, 2.45) is 0 Å². The van der Waals surface area contributed by atoms with Gasteiger partial charge in [0.2, 0.25) is 0 Å². The third-order valence-corrected chi connectivity index (χ3v) is 3.68. The Hall–Kier alpha value is -3.10. The molecule has 0 radical (unpaired) electrons. The summed E-state index contributed by atoms with van der Waals surface area (Å²) in [5, 5.41) is 7.68. The number of carbonyl (C=O) groups excluding carboxylic acids is 4. The van der Waals surface area contributed by atoms with E-state index in [2.05, 4.69) is 20.7 Å². The van der Waals surface area contributed by atoms with Crippen molar-refractivity contribution >= 4 is 23.9 Å². The largest absolute Gasteiger partial charge is 0.450 e. The zero-order chi connectivity index (χ0) is 18.9. The van der Waals surface area contributed by atoms with Crippen LogP contribution in [0.4, 0.5) is 9.59 Å². The van der Waals surface area contributed by atoms with Gasteiger partial charge >= 0.3 is 12.1 Å². The molecular weight excluding hydrogens is 340 g/mol. The highest BCUT2D eigenvalue weighted by molar-refractivity contribution is 6.21. The molecule has 140 valence electrons. The minimum absolute atomic E-state index is 0.233. The fourth-order valence-corrected chi connectivity index (χ4v) is 2.47. The van der Waals surface area contributed by atoms with Crippen LogP contribution in [-0.2, 0) is 4.74 Å². The molecule has 0 saturated carbocycles. The highest BCUT2D eigenvalue weighted by atomic mass is 16.5. The normalized spacial score (nSPS) is 12.6. The van der Waals surface area contributed by atoms with E-state index in [1.165, 1.54) is 4.90 Å². The Balaban J connectivity index is 1.61.